The van der Waals surface area contributed by atoms with Crippen molar-refractivity contribution in [1.82, 2.24) is 9.21 Å². The molecule has 7 heteroatoms. The van der Waals surface area contributed by atoms with Crippen LogP contribution in [-0.2, 0) is 16.6 Å². The van der Waals surface area contributed by atoms with Gasteiger partial charge in [0, 0.05) is 24.5 Å². The number of hydrogen-bond donors (Lipinski definition) is 1. The number of nitrogens with zero attached hydrogens (tertiary/aromatic N) is 2. The van der Waals surface area contributed by atoms with Crippen LogP contribution in [0.4, 0.5) is 0 Å². The maximum atomic E-state index is 12.6. The molecule has 1 saturated heterocycles. The molecule has 1 aliphatic heterocycles. The SMILES string of the molecule is Cc1cc(S(=O)(=O)N2CCCN(C)CC2)sc1CO. The van der Waals surface area contributed by atoms with Gasteiger partial charge in [0.05, 0.1) is 6.61 Å². The van der Waals surface area contributed by atoms with Gasteiger partial charge in [-0.05, 0) is 38.6 Å². The normalized spacial score (nSPS) is 19.5. The molecule has 1 aromatic heterocycles. The molecule has 2 rings (SSSR count). The Kier molecular flexibility index (Phi) is 4.62. The summed E-state index contributed by atoms with van der Waals surface area (Å²) in [5.74, 6) is 0. The van der Waals surface area contributed by atoms with Crippen LogP contribution in [0.3, 0.4) is 0 Å². The first kappa shape index (κ1) is 14.9. The van der Waals surface area contributed by atoms with Crippen LogP contribution < -0.4 is 0 Å². The third kappa shape index (κ3) is 3.17. The molecule has 0 bridgehead atoms. The molecule has 1 aromatic rings. The van der Waals surface area contributed by atoms with Crippen molar-refractivity contribution < 1.29 is 13.5 Å². The Bertz CT molecular complexity index is 539. The second kappa shape index (κ2) is 5.88. The van der Waals surface area contributed by atoms with E-state index >= 15 is 0 Å². The van der Waals surface area contributed by atoms with Crippen molar-refractivity contribution in [1.29, 1.82) is 0 Å². The molecule has 108 valence electrons. The number of aliphatic hydroxyl groups excluding tert-OH is 1. The van der Waals surface area contributed by atoms with E-state index in [1.54, 1.807) is 10.4 Å². The van der Waals surface area contributed by atoms with Crippen molar-refractivity contribution in [3.8, 4) is 0 Å². The molecule has 1 N–H and O–H groups in total. The van der Waals surface area contributed by atoms with E-state index in [1.807, 2.05) is 14.0 Å². The zero-order chi connectivity index (χ0) is 14.0. The summed E-state index contributed by atoms with van der Waals surface area (Å²) in [6.45, 7) is 4.52. The summed E-state index contributed by atoms with van der Waals surface area (Å²) in [6.07, 6.45) is 0.854. The first-order valence-electron chi connectivity index (χ1n) is 6.34. The highest BCUT2D eigenvalue weighted by Crippen LogP contribution is 2.28. The van der Waals surface area contributed by atoms with Crippen LogP contribution in [0.25, 0.3) is 0 Å². The van der Waals surface area contributed by atoms with Gasteiger partial charge < -0.3 is 10.0 Å². The van der Waals surface area contributed by atoms with Crippen molar-refractivity contribution in [2.45, 2.75) is 24.2 Å². The monoisotopic (exact) mass is 304 g/mol. The van der Waals surface area contributed by atoms with Gasteiger partial charge in [0.15, 0.2) is 0 Å². The lowest BCUT2D eigenvalue weighted by atomic mass is 10.3. The maximum absolute atomic E-state index is 12.6. The quantitative estimate of drug-likeness (QED) is 0.900. The lowest BCUT2D eigenvalue weighted by molar-refractivity contribution is 0.285. The van der Waals surface area contributed by atoms with Crippen LogP contribution in [0.5, 0.6) is 0 Å². The molecular formula is C12H20N2O3S2. The Morgan fingerprint density at radius 3 is 2.68 bits per heavy atom. The predicted molar refractivity (Wildman–Crippen MR) is 75.9 cm³/mol. The summed E-state index contributed by atoms with van der Waals surface area (Å²) < 4.78 is 27.0. The summed E-state index contributed by atoms with van der Waals surface area (Å²) in [7, 11) is -1.40. The van der Waals surface area contributed by atoms with Crippen molar-refractivity contribution in [3.63, 3.8) is 0 Å². The molecule has 0 aliphatic carbocycles. The van der Waals surface area contributed by atoms with E-state index < -0.39 is 10.0 Å². The molecule has 19 heavy (non-hydrogen) atoms. The van der Waals surface area contributed by atoms with Crippen molar-refractivity contribution in [2.24, 2.45) is 0 Å². The van der Waals surface area contributed by atoms with Crippen molar-refractivity contribution in [2.75, 3.05) is 33.2 Å². The summed E-state index contributed by atoms with van der Waals surface area (Å²) in [4.78, 5) is 2.87. The Morgan fingerprint density at radius 2 is 2.05 bits per heavy atom. The fraction of sp³-hybridized carbons (Fsp3) is 0.667. The summed E-state index contributed by atoms with van der Waals surface area (Å²) in [5, 5.41) is 9.18. The summed E-state index contributed by atoms with van der Waals surface area (Å²) in [6, 6.07) is 1.67. The van der Waals surface area contributed by atoms with Gasteiger partial charge in [0.25, 0.3) is 10.0 Å². The van der Waals surface area contributed by atoms with Crippen molar-refractivity contribution in [3.05, 3.63) is 16.5 Å². The zero-order valence-electron chi connectivity index (χ0n) is 11.3. The number of thiophene rings is 1. The summed E-state index contributed by atoms with van der Waals surface area (Å²) >= 11 is 1.17. The Balaban J connectivity index is 2.25. The topological polar surface area (TPSA) is 60.9 Å². The van der Waals surface area contributed by atoms with Gasteiger partial charge >= 0.3 is 0 Å². The summed E-state index contributed by atoms with van der Waals surface area (Å²) in [5.41, 5.74) is 0.845. The van der Waals surface area contributed by atoms with Crippen molar-refractivity contribution >= 4 is 21.4 Å². The molecule has 0 aromatic carbocycles. The van der Waals surface area contributed by atoms with Gasteiger partial charge in [-0.25, -0.2) is 8.42 Å². The van der Waals surface area contributed by atoms with Crippen LogP contribution in [0.15, 0.2) is 10.3 Å². The lowest BCUT2D eigenvalue weighted by Crippen LogP contribution is -2.34. The number of hydrogen-bond acceptors (Lipinski definition) is 5. The molecular weight excluding hydrogens is 284 g/mol. The fourth-order valence-electron chi connectivity index (χ4n) is 2.16. The van der Waals surface area contributed by atoms with E-state index in [1.165, 1.54) is 11.3 Å². The number of rotatable bonds is 3. The van der Waals surface area contributed by atoms with Gasteiger partial charge in [-0.1, -0.05) is 0 Å². The average Bonchev–Trinajstić information content (AvgIpc) is 2.60. The molecule has 0 saturated carbocycles. The number of sulfonamides is 1. The minimum absolute atomic E-state index is 0.102. The van der Waals surface area contributed by atoms with Crippen LogP contribution in [-0.4, -0.2) is 56.0 Å². The largest absolute Gasteiger partial charge is 0.391 e. The molecule has 5 nitrogen and oxygen atoms in total. The maximum Gasteiger partial charge on any atom is 0.252 e. The highest BCUT2D eigenvalue weighted by Gasteiger charge is 2.28. The third-order valence-corrected chi connectivity index (χ3v) is 6.98. The standard InChI is InChI=1S/C12H20N2O3S2/c1-10-8-12(18-11(10)9-15)19(16,17)14-5-3-4-13(2)6-7-14/h8,15H,3-7,9H2,1-2H3. The Hall–Kier alpha value is -0.470. The minimum atomic E-state index is -3.41. The van der Waals surface area contributed by atoms with Crippen LogP contribution >= 0.6 is 11.3 Å². The molecule has 0 radical (unpaired) electrons. The lowest BCUT2D eigenvalue weighted by Gasteiger charge is -2.19. The molecule has 2 heterocycles. The van der Waals surface area contributed by atoms with E-state index in [0.29, 0.717) is 17.3 Å². The highest BCUT2D eigenvalue weighted by molar-refractivity contribution is 7.91. The smallest absolute Gasteiger partial charge is 0.252 e. The highest BCUT2D eigenvalue weighted by atomic mass is 32.2. The average molecular weight is 304 g/mol. The number of aryl methyl sites for hydroxylation is 1. The van der Waals surface area contributed by atoms with Crippen LogP contribution in [0.1, 0.15) is 16.9 Å². The molecule has 1 fully saturated rings. The molecule has 0 amide bonds. The predicted octanol–water partition coefficient (Wildman–Crippen LogP) is 0.875. The molecule has 0 unspecified atom stereocenters. The third-order valence-electron chi connectivity index (χ3n) is 3.41. The zero-order valence-corrected chi connectivity index (χ0v) is 12.9. The second-order valence-corrected chi connectivity index (χ2v) is 8.19. The Labute approximate surface area is 118 Å². The van der Waals surface area contributed by atoms with Gasteiger partial charge in [-0.15, -0.1) is 11.3 Å². The van der Waals surface area contributed by atoms with E-state index in [9.17, 15) is 13.5 Å². The van der Waals surface area contributed by atoms with E-state index in [0.717, 1.165) is 30.0 Å². The molecule has 0 atom stereocenters. The van der Waals surface area contributed by atoms with Gasteiger partial charge in [-0.3, -0.25) is 0 Å². The van der Waals surface area contributed by atoms with Gasteiger partial charge in [0.2, 0.25) is 0 Å². The van der Waals surface area contributed by atoms with Gasteiger partial charge in [0.1, 0.15) is 4.21 Å². The first-order valence-corrected chi connectivity index (χ1v) is 8.59. The molecule has 0 spiro atoms. The van der Waals surface area contributed by atoms with E-state index in [4.69, 9.17) is 0 Å². The Morgan fingerprint density at radius 1 is 1.32 bits per heavy atom. The van der Waals surface area contributed by atoms with E-state index in [2.05, 4.69) is 4.90 Å². The number of likely N-dealkylation sites (N-methyl/N-ethyl adjacent to an activating group) is 1. The fourth-order valence-corrected chi connectivity index (χ4v) is 5.24. The minimum Gasteiger partial charge on any atom is -0.391 e. The van der Waals surface area contributed by atoms with Gasteiger partial charge in [-0.2, -0.15) is 4.31 Å². The van der Waals surface area contributed by atoms with Crippen LogP contribution in [0, 0.1) is 6.92 Å². The van der Waals surface area contributed by atoms with Crippen LogP contribution in [0.2, 0.25) is 0 Å². The second-order valence-electron chi connectivity index (χ2n) is 4.89. The first-order chi connectivity index (χ1) is 8.95. The van der Waals surface area contributed by atoms with E-state index in [-0.39, 0.29) is 6.61 Å². The number of aliphatic hydroxyl groups is 1. The molecule has 1 aliphatic rings.